The molecule has 0 bridgehead atoms. The maximum Gasteiger partial charge on any atom is 0.255 e. The lowest BCUT2D eigenvalue weighted by Gasteiger charge is -2.09. The number of halogens is 1. The molecule has 0 aliphatic heterocycles. The van der Waals surface area contributed by atoms with Gasteiger partial charge in [0.2, 0.25) is 0 Å². The number of anilines is 3. The third-order valence-corrected chi connectivity index (χ3v) is 4.79. The van der Waals surface area contributed by atoms with Crippen LogP contribution in [0.4, 0.5) is 17.2 Å². The van der Waals surface area contributed by atoms with Gasteiger partial charge in [0, 0.05) is 33.6 Å². The summed E-state index contributed by atoms with van der Waals surface area (Å²) in [4.78, 5) is 21.0. The van der Waals surface area contributed by atoms with Gasteiger partial charge in [-0.25, -0.2) is 9.97 Å². The average molecular weight is 415 g/mol. The van der Waals surface area contributed by atoms with Crippen LogP contribution in [0, 0.1) is 6.92 Å². The van der Waals surface area contributed by atoms with Crippen molar-refractivity contribution in [2.45, 2.75) is 6.92 Å². The van der Waals surface area contributed by atoms with Crippen LogP contribution in [0.1, 0.15) is 15.9 Å². The molecular weight excluding hydrogens is 396 g/mol. The molecule has 0 aliphatic carbocycles. The van der Waals surface area contributed by atoms with Gasteiger partial charge in [0.1, 0.15) is 12.1 Å². The number of hydrogen-bond acceptors (Lipinski definition) is 4. The molecule has 0 fully saturated rings. The summed E-state index contributed by atoms with van der Waals surface area (Å²) in [6.45, 7) is 2.05. The number of amides is 1. The maximum atomic E-state index is 12.4. The highest BCUT2D eigenvalue weighted by molar-refractivity contribution is 6.30. The number of aryl methyl sites for hydroxylation is 1. The standard InChI is InChI=1S/C24H19ClN4O/c1-16-2-4-17(5-3-16)22-14-23(27-15-26-22)28-20-10-6-18(7-11-20)24(30)29-21-12-8-19(25)9-13-21/h2-15H,1H3,(H,29,30)(H,26,27,28). The van der Waals surface area contributed by atoms with Gasteiger partial charge in [-0.1, -0.05) is 41.4 Å². The second kappa shape index (κ2) is 8.76. The minimum Gasteiger partial charge on any atom is -0.340 e. The van der Waals surface area contributed by atoms with Crippen molar-refractivity contribution in [3.8, 4) is 11.3 Å². The van der Waals surface area contributed by atoms with Crippen molar-refractivity contribution in [1.82, 2.24) is 9.97 Å². The summed E-state index contributed by atoms with van der Waals surface area (Å²) in [7, 11) is 0. The fourth-order valence-electron chi connectivity index (χ4n) is 2.90. The SMILES string of the molecule is Cc1ccc(-c2cc(Nc3ccc(C(=O)Nc4ccc(Cl)cc4)cc3)ncn2)cc1. The lowest BCUT2D eigenvalue weighted by atomic mass is 10.1. The molecule has 1 heterocycles. The minimum atomic E-state index is -0.187. The number of carbonyl (C=O) groups excluding carboxylic acids is 1. The van der Waals surface area contributed by atoms with Crippen molar-refractivity contribution in [2.75, 3.05) is 10.6 Å². The molecule has 30 heavy (non-hydrogen) atoms. The molecule has 0 atom stereocenters. The van der Waals surface area contributed by atoms with Crippen LogP contribution in [0.5, 0.6) is 0 Å². The molecule has 148 valence electrons. The Kier molecular flexibility index (Phi) is 5.72. The van der Waals surface area contributed by atoms with Crippen LogP contribution in [0.25, 0.3) is 11.3 Å². The quantitative estimate of drug-likeness (QED) is 0.414. The highest BCUT2D eigenvalue weighted by Gasteiger charge is 2.07. The fourth-order valence-corrected chi connectivity index (χ4v) is 3.02. The largest absolute Gasteiger partial charge is 0.340 e. The molecular formula is C24H19ClN4O. The Labute approximate surface area is 179 Å². The van der Waals surface area contributed by atoms with E-state index in [2.05, 4.69) is 39.7 Å². The van der Waals surface area contributed by atoms with Gasteiger partial charge in [0.05, 0.1) is 5.69 Å². The average Bonchev–Trinajstić information content (AvgIpc) is 2.76. The first kappa shape index (κ1) is 19.6. The van der Waals surface area contributed by atoms with Crippen molar-refractivity contribution in [3.05, 3.63) is 101 Å². The Hall–Kier alpha value is -3.70. The fraction of sp³-hybridized carbons (Fsp3) is 0.0417. The van der Waals surface area contributed by atoms with E-state index in [1.54, 1.807) is 36.4 Å². The highest BCUT2D eigenvalue weighted by Crippen LogP contribution is 2.22. The Morgan fingerprint density at radius 1 is 0.833 bits per heavy atom. The van der Waals surface area contributed by atoms with Crippen molar-refractivity contribution < 1.29 is 4.79 Å². The molecule has 4 aromatic rings. The van der Waals surface area contributed by atoms with Gasteiger partial charge in [-0.05, 0) is 55.5 Å². The zero-order valence-electron chi connectivity index (χ0n) is 16.3. The minimum absolute atomic E-state index is 0.187. The third kappa shape index (κ3) is 4.82. The van der Waals surface area contributed by atoms with E-state index in [-0.39, 0.29) is 5.91 Å². The summed E-state index contributed by atoms with van der Waals surface area (Å²) < 4.78 is 0. The molecule has 3 aromatic carbocycles. The summed E-state index contributed by atoms with van der Waals surface area (Å²) in [5, 5.41) is 6.72. The number of benzene rings is 3. The first-order valence-corrected chi connectivity index (χ1v) is 9.78. The lowest BCUT2D eigenvalue weighted by molar-refractivity contribution is 0.102. The molecule has 1 amide bonds. The van der Waals surface area contributed by atoms with E-state index in [9.17, 15) is 4.79 Å². The van der Waals surface area contributed by atoms with Crippen LogP contribution in [0.2, 0.25) is 5.02 Å². The Morgan fingerprint density at radius 3 is 2.20 bits per heavy atom. The smallest absolute Gasteiger partial charge is 0.255 e. The number of aromatic nitrogens is 2. The van der Waals surface area contributed by atoms with Crippen LogP contribution in [0.15, 0.2) is 85.2 Å². The number of nitrogens with zero attached hydrogens (tertiary/aromatic N) is 2. The molecule has 0 aliphatic rings. The molecule has 0 unspecified atom stereocenters. The predicted molar refractivity (Wildman–Crippen MR) is 121 cm³/mol. The third-order valence-electron chi connectivity index (χ3n) is 4.54. The van der Waals surface area contributed by atoms with E-state index < -0.39 is 0 Å². The second-order valence-electron chi connectivity index (χ2n) is 6.82. The first-order chi connectivity index (χ1) is 14.6. The Bertz CT molecular complexity index is 1160. The summed E-state index contributed by atoms with van der Waals surface area (Å²) in [5.41, 5.74) is 5.14. The molecule has 0 spiro atoms. The van der Waals surface area contributed by atoms with Crippen LogP contribution in [-0.2, 0) is 0 Å². The van der Waals surface area contributed by atoms with Gasteiger partial charge < -0.3 is 10.6 Å². The van der Waals surface area contributed by atoms with Crippen molar-refractivity contribution in [2.24, 2.45) is 0 Å². The van der Waals surface area contributed by atoms with Gasteiger partial charge in [0.25, 0.3) is 5.91 Å². The highest BCUT2D eigenvalue weighted by atomic mass is 35.5. The molecule has 0 saturated heterocycles. The van der Waals surface area contributed by atoms with Crippen LogP contribution >= 0.6 is 11.6 Å². The maximum absolute atomic E-state index is 12.4. The zero-order chi connectivity index (χ0) is 20.9. The van der Waals surface area contributed by atoms with E-state index in [1.165, 1.54) is 11.9 Å². The topological polar surface area (TPSA) is 66.9 Å². The molecule has 0 saturated carbocycles. The molecule has 4 rings (SSSR count). The van der Waals surface area contributed by atoms with Crippen LogP contribution in [-0.4, -0.2) is 15.9 Å². The molecule has 2 N–H and O–H groups in total. The van der Waals surface area contributed by atoms with Gasteiger partial charge in [-0.15, -0.1) is 0 Å². The van der Waals surface area contributed by atoms with Gasteiger partial charge in [-0.3, -0.25) is 4.79 Å². The van der Waals surface area contributed by atoms with Crippen LogP contribution in [0.3, 0.4) is 0 Å². The van der Waals surface area contributed by atoms with E-state index in [1.807, 2.05) is 30.3 Å². The van der Waals surface area contributed by atoms with Crippen molar-refractivity contribution in [3.63, 3.8) is 0 Å². The number of hydrogen-bond donors (Lipinski definition) is 2. The lowest BCUT2D eigenvalue weighted by Crippen LogP contribution is -2.11. The van der Waals surface area contributed by atoms with Crippen molar-refractivity contribution >= 4 is 34.7 Å². The summed E-state index contributed by atoms with van der Waals surface area (Å²) in [5.74, 6) is 0.492. The van der Waals surface area contributed by atoms with E-state index in [0.717, 1.165) is 16.9 Å². The van der Waals surface area contributed by atoms with Crippen molar-refractivity contribution in [1.29, 1.82) is 0 Å². The summed E-state index contributed by atoms with van der Waals surface area (Å²) in [6.07, 6.45) is 1.53. The number of nitrogens with one attached hydrogen (secondary N) is 2. The van der Waals surface area contributed by atoms with Gasteiger partial charge in [0.15, 0.2) is 0 Å². The summed E-state index contributed by atoms with van der Waals surface area (Å²) >= 11 is 5.87. The Morgan fingerprint density at radius 2 is 1.50 bits per heavy atom. The summed E-state index contributed by atoms with van der Waals surface area (Å²) in [6, 6.07) is 24.3. The molecule has 1 aromatic heterocycles. The second-order valence-corrected chi connectivity index (χ2v) is 7.25. The van der Waals surface area contributed by atoms with E-state index >= 15 is 0 Å². The van der Waals surface area contributed by atoms with Crippen LogP contribution < -0.4 is 10.6 Å². The molecule has 6 heteroatoms. The predicted octanol–water partition coefficient (Wildman–Crippen LogP) is 6.10. The zero-order valence-corrected chi connectivity index (χ0v) is 17.0. The monoisotopic (exact) mass is 414 g/mol. The van der Waals surface area contributed by atoms with E-state index in [0.29, 0.717) is 22.1 Å². The Balaban J connectivity index is 1.44. The molecule has 5 nitrogen and oxygen atoms in total. The normalized spacial score (nSPS) is 10.5. The first-order valence-electron chi connectivity index (χ1n) is 9.40. The van der Waals surface area contributed by atoms with Gasteiger partial charge in [-0.2, -0.15) is 0 Å². The van der Waals surface area contributed by atoms with Gasteiger partial charge >= 0.3 is 0 Å². The van der Waals surface area contributed by atoms with E-state index in [4.69, 9.17) is 11.6 Å². The molecule has 0 radical (unpaired) electrons. The number of rotatable bonds is 5. The number of carbonyl (C=O) groups is 1.